The number of methoxy groups -OCH3 is 1. The maximum Gasteiger partial charge on any atom is 0.407 e. The molecule has 0 unspecified atom stereocenters. The van der Waals surface area contributed by atoms with Gasteiger partial charge in [0.05, 0.1) is 13.5 Å². The van der Waals surface area contributed by atoms with Crippen LogP contribution < -0.4 is 5.32 Å². The van der Waals surface area contributed by atoms with Gasteiger partial charge in [0, 0.05) is 11.8 Å². The minimum absolute atomic E-state index is 0.0345. The summed E-state index contributed by atoms with van der Waals surface area (Å²) >= 11 is 1.78. The zero-order chi connectivity index (χ0) is 14.5. The first-order valence-electron chi connectivity index (χ1n) is 6.46. The number of amides is 1. The van der Waals surface area contributed by atoms with E-state index in [0.29, 0.717) is 6.42 Å². The molecule has 1 heterocycles. The molecule has 19 heavy (non-hydrogen) atoms. The van der Waals surface area contributed by atoms with Gasteiger partial charge < -0.3 is 14.8 Å². The molecule has 0 aromatic heterocycles. The minimum Gasteiger partial charge on any atom is -0.469 e. The van der Waals surface area contributed by atoms with Gasteiger partial charge in [-0.15, -0.1) is 0 Å². The van der Waals surface area contributed by atoms with Gasteiger partial charge in [0.25, 0.3) is 0 Å². The van der Waals surface area contributed by atoms with Crippen molar-refractivity contribution < 1.29 is 19.1 Å². The molecule has 1 saturated heterocycles. The second-order valence-electron chi connectivity index (χ2n) is 5.66. The zero-order valence-corrected chi connectivity index (χ0v) is 12.8. The number of rotatable bonds is 3. The Labute approximate surface area is 118 Å². The monoisotopic (exact) mass is 289 g/mol. The molecule has 5 nitrogen and oxygen atoms in total. The Bertz CT molecular complexity index is 327. The molecule has 1 fully saturated rings. The summed E-state index contributed by atoms with van der Waals surface area (Å²) in [6.07, 6.45) is 0.826. The van der Waals surface area contributed by atoms with E-state index in [1.807, 2.05) is 20.8 Å². The van der Waals surface area contributed by atoms with Crippen molar-refractivity contribution in [3.8, 4) is 0 Å². The second-order valence-corrected chi connectivity index (χ2v) is 6.81. The lowest BCUT2D eigenvalue weighted by Gasteiger charge is -2.32. The van der Waals surface area contributed by atoms with Gasteiger partial charge in [-0.05, 0) is 38.9 Å². The average Bonchev–Trinajstić information content (AvgIpc) is 2.29. The number of ether oxygens (including phenoxy) is 2. The van der Waals surface area contributed by atoms with Crippen LogP contribution in [0.25, 0.3) is 0 Å². The third kappa shape index (κ3) is 6.18. The molecule has 0 bridgehead atoms. The molecule has 0 radical (unpaired) electrons. The number of thioether (sulfide) groups is 1. The summed E-state index contributed by atoms with van der Waals surface area (Å²) in [5.41, 5.74) is -0.510. The molecule has 0 aliphatic carbocycles. The molecule has 2 atom stereocenters. The third-order valence-corrected chi connectivity index (χ3v) is 3.98. The Morgan fingerprint density at radius 3 is 2.63 bits per heavy atom. The first kappa shape index (κ1) is 16.1. The van der Waals surface area contributed by atoms with Crippen molar-refractivity contribution in [1.82, 2.24) is 5.32 Å². The number of carbonyl (C=O) groups excluding carboxylic acids is 2. The highest BCUT2D eigenvalue weighted by Crippen LogP contribution is 2.26. The third-order valence-electron chi connectivity index (χ3n) is 2.86. The van der Waals surface area contributed by atoms with E-state index in [0.717, 1.165) is 17.9 Å². The van der Waals surface area contributed by atoms with Crippen molar-refractivity contribution in [2.75, 3.05) is 18.6 Å². The second kappa shape index (κ2) is 7.03. The molecule has 1 aliphatic rings. The Morgan fingerprint density at radius 2 is 2.05 bits per heavy atom. The quantitative estimate of drug-likeness (QED) is 0.807. The highest BCUT2D eigenvalue weighted by molar-refractivity contribution is 7.99. The topological polar surface area (TPSA) is 64.6 Å². The molecular formula is C13H23NO4S. The largest absolute Gasteiger partial charge is 0.469 e. The first-order chi connectivity index (χ1) is 8.81. The van der Waals surface area contributed by atoms with Crippen LogP contribution in [0.2, 0.25) is 0 Å². The molecule has 0 aromatic rings. The molecule has 1 N–H and O–H groups in total. The minimum atomic E-state index is -0.510. The lowest BCUT2D eigenvalue weighted by atomic mass is 9.94. The van der Waals surface area contributed by atoms with Crippen LogP contribution in [0.15, 0.2) is 0 Å². The Balaban J connectivity index is 2.52. The molecule has 110 valence electrons. The van der Waals surface area contributed by atoms with E-state index in [4.69, 9.17) is 9.47 Å². The molecule has 1 amide bonds. The summed E-state index contributed by atoms with van der Waals surface area (Å²) in [6, 6.07) is -0.0345. The fourth-order valence-electron chi connectivity index (χ4n) is 1.94. The smallest absolute Gasteiger partial charge is 0.407 e. The summed E-state index contributed by atoms with van der Waals surface area (Å²) in [6.45, 7) is 5.48. The van der Waals surface area contributed by atoms with Crippen LogP contribution in [0, 0.1) is 5.92 Å². The van der Waals surface area contributed by atoms with E-state index < -0.39 is 11.7 Å². The fourth-order valence-corrected chi connectivity index (χ4v) is 3.19. The van der Waals surface area contributed by atoms with E-state index in [-0.39, 0.29) is 17.9 Å². The summed E-state index contributed by atoms with van der Waals surface area (Å²) < 4.78 is 9.94. The number of alkyl carbamates (subject to hydrolysis) is 1. The maximum atomic E-state index is 11.8. The normalized spacial score (nSPS) is 23.6. The van der Waals surface area contributed by atoms with Crippen LogP contribution in [0.1, 0.15) is 33.6 Å². The summed E-state index contributed by atoms with van der Waals surface area (Å²) in [4.78, 5) is 23.1. The zero-order valence-electron chi connectivity index (χ0n) is 12.0. The summed E-state index contributed by atoms with van der Waals surface area (Å²) in [5, 5.41) is 2.87. The van der Waals surface area contributed by atoms with Crippen LogP contribution in [0.5, 0.6) is 0 Å². The van der Waals surface area contributed by atoms with Gasteiger partial charge in [0.2, 0.25) is 0 Å². The van der Waals surface area contributed by atoms with Gasteiger partial charge >= 0.3 is 12.1 Å². The van der Waals surface area contributed by atoms with Gasteiger partial charge in [0.15, 0.2) is 0 Å². The van der Waals surface area contributed by atoms with Crippen molar-refractivity contribution in [1.29, 1.82) is 0 Å². The van der Waals surface area contributed by atoms with E-state index in [1.54, 1.807) is 11.8 Å². The Morgan fingerprint density at radius 1 is 1.37 bits per heavy atom. The Hall–Kier alpha value is -0.910. The lowest BCUT2D eigenvalue weighted by Crippen LogP contribution is -2.46. The predicted octanol–water partition coefficient (Wildman–Crippen LogP) is 2.20. The number of hydrogen-bond donors (Lipinski definition) is 1. The van der Waals surface area contributed by atoms with E-state index in [1.165, 1.54) is 7.11 Å². The number of hydrogen-bond acceptors (Lipinski definition) is 5. The number of nitrogens with one attached hydrogen (secondary N) is 1. The molecule has 1 rings (SSSR count). The van der Waals surface area contributed by atoms with Crippen LogP contribution in [-0.2, 0) is 14.3 Å². The summed E-state index contributed by atoms with van der Waals surface area (Å²) in [7, 11) is 1.39. The SMILES string of the molecule is COC(=O)C[C@H]1CCSC[C@H]1NC(=O)OC(C)(C)C. The molecule has 1 aliphatic heterocycles. The van der Waals surface area contributed by atoms with Gasteiger partial charge in [-0.3, -0.25) is 4.79 Å². The highest BCUT2D eigenvalue weighted by Gasteiger charge is 2.30. The lowest BCUT2D eigenvalue weighted by molar-refractivity contribution is -0.142. The number of esters is 1. The van der Waals surface area contributed by atoms with E-state index in [9.17, 15) is 9.59 Å². The van der Waals surface area contributed by atoms with Crippen molar-refractivity contribution in [3.05, 3.63) is 0 Å². The van der Waals surface area contributed by atoms with Crippen molar-refractivity contribution in [3.63, 3.8) is 0 Å². The standard InChI is InChI=1S/C13H23NO4S/c1-13(2,3)18-12(16)14-10-8-19-6-5-9(10)7-11(15)17-4/h9-10H,5-8H2,1-4H3,(H,14,16)/t9-,10-/m1/s1. The molecular weight excluding hydrogens is 266 g/mol. The molecule has 0 saturated carbocycles. The predicted molar refractivity (Wildman–Crippen MR) is 75.2 cm³/mol. The van der Waals surface area contributed by atoms with E-state index in [2.05, 4.69) is 5.32 Å². The average molecular weight is 289 g/mol. The number of carbonyl (C=O) groups is 2. The van der Waals surface area contributed by atoms with Gasteiger partial charge in [-0.2, -0.15) is 11.8 Å². The van der Waals surface area contributed by atoms with Crippen LogP contribution in [0.3, 0.4) is 0 Å². The van der Waals surface area contributed by atoms with Crippen molar-refractivity contribution >= 4 is 23.8 Å². The van der Waals surface area contributed by atoms with Gasteiger partial charge in [-0.25, -0.2) is 4.79 Å². The first-order valence-corrected chi connectivity index (χ1v) is 7.61. The van der Waals surface area contributed by atoms with Crippen molar-refractivity contribution in [2.45, 2.75) is 45.3 Å². The maximum absolute atomic E-state index is 11.8. The van der Waals surface area contributed by atoms with Gasteiger partial charge in [-0.1, -0.05) is 0 Å². The molecule has 0 spiro atoms. The summed E-state index contributed by atoms with van der Waals surface area (Å²) in [5.74, 6) is 1.71. The highest BCUT2D eigenvalue weighted by atomic mass is 32.2. The van der Waals surface area contributed by atoms with Crippen LogP contribution in [0.4, 0.5) is 4.79 Å². The Kier molecular flexibility index (Phi) is 5.97. The molecule has 6 heteroatoms. The van der Waals surface area contributed by atoms with E-state index >= 15 is 0 Å². The fraction of sp³-hybridized carbons (Fsp3) is 0.846. The molecule has 0 aromatic carbocycles. The van der Waals surface area contributed by atoms with Crippen LogP contribution in [-0.4, -0.2) is 42.3 Å². The van der Waals surface area contributed by atoms with Crippen molar-refractivity contribution in [2.24, 2.45) is 5.92 Å². The van der Waals surface area contributed by atoms with Gasteiger partial charge in [0.1, 0.15) is 5.60 Å². The van der Waals surface area contributed by atoms with Crippen LogP contribution >= 0.6 is 11.8 Å².